The molecule has 4 nitrogen and oxygen atoms in total. The summed E-state index contributed by atoms with van der Waals surface area (Å²) in [6.45, 7) is 4.48. The van der Waals surface area contributed by atoms with Crippen LogP contribution in [0.1, 0.15) is 5.56 Å². The van der Waals surface area contributed by atoms with E-state index in [1.54, 1.807) is 41.6 Å². The van der Waals surface area contributed by atoms with Crippen LogP contribution in [0, 0.1) is 0 Å². The summed E-state index contributed by atoms with van der Waals surface area (Å²) < 4.78 is 5.44. The van der Waals surface area contributed by atoms with Crippen molar-refractivity contribution in [3.05, 3.63) is 72.0 Å². The molecule has 0 fully saturated rings. The van der Waals surface area contributed by atoms with E-state index in [4.69, 9.17) is 16.3 Å². The lowest BCUT2D eigenvalue weighted by atomic mass is 10.2. The first-order chi connectivity index (χ1) is 10.7. The van der Waals surface area contributed by atoms with Crippen LogP contribution in [0.15, 0.2) is 61.4 Å². The Kier molecular flexibility index (Phi) is 5.98. The van der Waals surface area contributed by atoms with Gasteiger partial charge < -0.3 is 9.64 Å². The zero-order valence-electron chi connectivity index (χ0n) is 12.1. The number of nitrogens with zero attached hydrogens (tertiary/aromatic N) is 2. The molecule has 0 unspecified atom stereocenters. The first-order valence-electron chi connectivity index (χ1n) is 6.85. The Morgan fingerprint density at radius 2 is 2.14 bits per heavy atom. The number of hydrogen-bond acceptors (Lipinski definition) is 3. The zero-order valence-corrected chi connectivity index (χ0v) is 12.9. The standard InChI is InChI=1S/C17H17ClN2O2/c1-2-10-20(12-14-6-3-4-8-16(14)18)17(21)13-22-15-7-5-9-19-11-15/h2-9,11H,1,10,12-13H2. The van der Waals surface area contributed by atoms with Gasteiger partial charge >= 0.3 is 0 Å². The second-order valence-electron chi connectivity index (χ2n) is 4.63. The molecule has 0 atom stereocenters. The quantitative estimate of drug-likeness (QED) is 0.736. The third kappa shape index (κ3) is 4.60. The first-order valence-corrected chi connectivity index (χ1v) is 7.23. The van der Waals surface area contributed by atoms with Crippen molar-refractivity contribution in [2.24, 2.45) is 0 Å². The van der Waals surface area contributed by atoms with Gasteiger partial charge in [-0.1, -0.05) is 35.9 Å². The molecule has 0 radical (unpaired) electrons. The molecule has 1 amide bonds. The first kappa shape index (κ1) is 16.0. The van der Waals surface area contributed by atoms with Gasteiger partial charge in [-0.05, 0) is 23.8 Å². The van der Waals surface area contributed by atoms with Crippen molar-refractivity contribution in [3.63, 3.8) is 0 Å². The lowest BCUT2D eigenvalue weighted by molar-refractivity contribution is -0.133. The molecule has 0 bridgehead atoms. The number of carbonyl (C=O) groups is 1. The molecule has 2 rings (SSSR count). The van der Waals surface area contributed by atoms with Gasteiger partial charge in [0.15, 0.2) is 6.61 Å². The second-order valence-corrected chi connectivity index (χ2v) is 5.04. The molecule has 114 valence electrons. The maximum Gasteiger partial charge on any atom is 0.261 e. The summed E-state index contributed by atoms with van der Waals surface area (Å²) in [7, 11) is 0. The molecule has 0 aliphatic carbocycles. The zero-order chi connectivity index (χ0) is 15.8. The van der Waals surface area contributed by atoms with Crippen LogP contribution in [0.2, 0.25) is 5.02 Å². The van der Waals surface area contributed by atoms with Crippen LogP contribution in [-0.4, -0.2) is 28.9 Å². The van der Waals surface area contributed by atoms with Crippen LogP contribution in [0.5, 0.6) is 5.75 Å². The summed E-state index contributed by atoms with van der Waals surface area (Å²) in [6, 6.07) is 11.0. The Balaban J connectivity index is 1.99. The third-order valence-electron chi connectivity index (χ3n) is 3.02. The maximum atomic E-state index is 12.3. The van der Waals surface area contributed by atoms with Gasteiger partial charge in [0.05, 0.1) is 6.20 Å². The van der Waals surface area contributed by atoms with E-state index in [1.807, 2.05) is 18.2 Å². The molecular formula is C17H17ClN2O2. The molecule has 5 heteroatoms. The summed E-state index contributed by atoms with van der Waals surface area (Å²) in [5.74, 6) is 0.427. The van der Waals surface area contributed by atoms with Gasteiger partial charge in [-0.15, -0.1) is 6.58 Å². The predicted octanol–water partition coefficient (Wildman–Crippen LogP) is 3.33. The number of carbonyl (C=O) groups excluding carboxylic acids is 1. The van der Waals surface area contributed by atoms with Gasteiger partial charge in [-0.25, -0.2) is 0 Å². The predicted molar refractivity (Wildman–Crippen MR) is 86.8 cm³/mol. The van der Waals surface area contributed by atoms with Gasteiger partial charge in [0, 0.05) is 24.3 Å². The van der Waals surface area contributed by atoms with Crippen molar-refractivity contribution >= 4 is 17.5 Å². The van der Waals surface area contributed by atoms with Crippen molar-refractivity contribution in [2.45, 2.75) is 6.54 Å². The Labute approximate surface area is 135 Å². The number of hydrogen-bond donors (Lipinski definition) is 0. The summed E-state index contributed by atoms with van der Waals surface area (Å²) in [4.78, 5) is 17.9. The minimum atomic E-state index is -0.135. The minimum Gasteiger partial charge on any atom is -0.482 e. The summed E-state index contributed by atoms with van der Waals surface area (Å²) in [6.07, 6.45) is 4.90. The van der Waals surface area contributed by atoms with E-state index in [1.165, 1.54) is 0 Å². The molecule has 1 heterocycles. The van der Waals surface area contributed by atoms with Crippen LogP contribution in [-0.2, 0) is 11.3 Å². The normalized spacial score (nSPS) is 10.0. The molecule has 0 aliphatic rings. The lowest BCUT2D eigenvalue weighted by Crippen LogP contribution is -2.34. The van der Waals surface area contributed by atoms with Crippen molar-refractivity contribution < 1.29 is 9.53 Å². The van der Waals surface area contributed by atoms with Crippen molar-refractivity contribution in [3.8, 4) is 5.75 Å². The van der Waals surface area contributed by atoms with Crippen molar-refractivity contribution in [1.82, 2.24) is 9.88 Å². The fourth-order valence-corrected chi connectivity index (χ4v) is 2.11. The number of halogens is 1. The maximum absolute atomic E-state index is 12.3. The van der Waals surface area contributed by atoms with Crippen LogP contribution >= 0.6 is 11.6 Å². The van der Waals surface area contributed by atoms with E-state index < -0.39 is 0 Å². The number of benzene rings is 1. The molecular weight excluding hydrogens is 300 g/mol. The molecule has 1 aromatic heterocycles. The molecule has 0 saturated carbocycles. The molecule has 22 heavy (non-hydrogen) atoms. The molecule has 0 aliphatic heterocycles. The Morgan fingerprint density at radius 3 is 2.82 bits per heavy atom. The van der Waals surface area contributed by atoms with Gasteiger partial charge in [-0.3, -0.25) is 9.78 Å². The van der Waals surface area contributed by atoms with Crippen molar-refractivity contribution in [1.29, 1.82) is 0 Å². The van der Waals surface area contributed by atoms with E-state index in [0.717, 1.165) is 5.56 Å². The van der Waals surface area contributed by atoms with Crippen LogP contribution in [0.4, 0.5) is 0 Å². The van der Waals surface area contributed by atoms with E-state index >= 15 is 0 Å². The number of aromatic nitrogens is 1. The number of pyridine rings is 1. The molecule has 1 aromatic carbocycles. The molecule has 0 spiro atoms. The van der Waals surface area contributed by atoms with Crippen LogP contribution in [0.25, 0.3) is 0 Å². The second kappa shape index (κ2) is 8.20. The SMILES string of the molecule is C=CCN(Cc1ccccc1Cl)C(=O)COc1cccnc1. The average Bonchev–Trinajstić information content (AvgIpc) is 2.55. The lowest BCUT2D eigenvalue weighted by Gasteiger charge is -2.22. The number of ether oxygens (including phenoxy) is 1. The highest BCUT2D eigenvalue weighted by Gasteiger charge is 2.14. The average molecular weight is 317 g/mol. The number of rotatable bonds is 7. The van der Waals surface area contributed by atoms with E-state index in [0.29, 0.717) is 23.9 Å². The third-order valence-corrected chi connectivity index (χ3v) is 3.39. The van der Waals surface area contributed by atoms with E-state index in [9.17, 15) is 4.79 Å². The van der Waals surface area contributed by atoms with Gasteiger partial charge in [0.25, 0.3) is 5.91 Å². The van der Waals surface area contributed by atoms with Gasteiger partial charge in [0.1, 0.15) is 5.75 Å². The Morgan fingerprint density at radius 1 is 1.32 bits per heavy atom. The highest BCUT2D eigenvalue weighted by molar-refractivity contribution is 6.31. The van der Waals surface area contributed by atoms with Crippen LogP contribution in [0.3, 0.4) is 0 Å². The topological polar surface area (TPSA) is 42.4 Å². The summed E-state index contributed by atoms with van der Waals surface area (Å²) >= 11 is 6.14. The Bertz CT molecular complexity index is 632. The fourth-order valence-electron chi connectivity index (χ4n) is 1.91. The van der Waals surface area contributed by atoms with Gasteiger partial charge in [0.2, 0.25) is 0 Å². The fraction of sp³-hybridized carbons (Fsp3) is 0.176. The summed E-state index contributed by atoms with van der Waals surface area (Å²) in [5, 5.41) is 0.637. The highest BCUT2D eigenvalue weighted by Crippen LogP contribution is 2.17. The van der Waals surface area contributed by atoms with E-state index in [2.05, 4.69) is 11.6 Å². The smallest absolute Gasteiger partial charge is 0.261 e. The van der Waals surface area contributed by atoms with Crippen LogP contribution < -0.4 is 4.74 Å². The molecule has 0 saturated heterocycles. The minimum absolute atomic E-state index is 0.0516. The van der Waals surface area contributed by atoms with Crippen molar-refractivity contribution in [2.75, 3.05) is 13.2 Å². The van der Waals surface area contributed by atoms with Gasteiger partial charge in [-0.2, -0.15) is 0 Å². The monoisotopic (exact) mass is 316 g/mol. The molecule has 2 aromatic rings. The number of amides is 1. The molecule has 0 N–H and O–H groups in total. The Hall–Kier alpha value is -2.33. The largest absolute Gasteiger partial charge is 0.482 e. The highest BCUT2D eigenvalue weighted by atomic mass is 35.5. The summed E-state index contributed by atoms with van der Waals surface area (Å²) in [5.41, 5.74) is 0.890. The van der Waals surface area contributed by atoms with E-state index in [-0.39, 0.29) is 12.5 Å².